The zero-order chi connectivity index (χ0) is 21.8. The van der Waals surface area contributed by atoms with Crippen LogP contribution in [-0.2, 0) is 4.79 Å². The number of rotatable bonds is 5. The second-order valence-corrected chi connectivity index (χ2v) is 9.04. The molecule has 1 amide bonds. The van der Waals surface area contributed by atoms with E-state index in [1.54, 1.807) is 24.3 Å². The van der Waals surface area contributed by atoms with Crippen molar-refractivity contribution in [1.82, 2.24) is 9.88 Å². The Bertz CT molecular complexity index is 1140. The van der Waals surface area contributed by atoms with Crippen molar-refractivity contribution in [2.24, 2.45) is 0 Å². The average Bonchev–Trinajstić information content (AvgIpc) is 3.28. The number of nitro benzene ring substituents is 1. The monoisotopic (exact) mass is 497 g/mol. The van der Waals surface area contributed by atoms with Crippen molar-refractivity contribution < 1.29 is 9.72 Å². The molecule has 0 saturated carbocycles. The van der Waals surface area contributed by atoms with Gasteiger partial charge in [0.25, 0.3) is 5.69 Å². The van der Waals surface area contributed by atoms with Gasteiger partial charge in [-0.05, 0) is 36.6 Å². The van der Waals surface area contributed by atoms with Crippen molar-refractivity contribution in [3.8, 4) is 11.3 Å². The fraction of sp³-hybridized carbons (Fsp3) is 0.217. The van der Waals surface area contributed by atoms with Gasteiger partial charge in [0.15, 0.2) is 0 Å². The maximum Gasteiger partial charge on any atom is 0.278 e. The van der Waals surface area contributed by atoms with Crippen LogP contribution < -0.4 is 0 Å². The highest BCUT2D eigenvalue weighted by atomic mass is 79.9. The van der Waals surface area contributed by atoms with E-state index in [1.165, 1.54) is 17.4 Å². The third kappa shape index (κ3) is 4.91. The van der Waals surface area contributed by atoms with Gasteiger partial charge in [-0.1, -0.05) is 46.3 Å². The fourth-order valence-corrected chi connectivity index (χ4v) is 5.08. The molecule has 1 aromatic heterocycles. The van der Waals surface area contributed by atoms with Gasteiger partial charge in [0, 0.05) is 41.0 Å². The number of para-hydroxylation sites is 1. The molecule has 8 heteroatoms. The number of hydrogen-bond acceptors (Lipinski definition) is 5. The number of thiazole rings is 1. The third-order valence-electron chi connectivity index (χ3n) is 5.37. The van der Waals surface area contributed by atoms with Crippen LogP contribution in [0.15, 0.2) is 64.5 Å². The molecule has 1 saturated heterocycles. The summed E-state index contributed by atoms with van der Waals surface area (Å²) < 4.78 is 0.955. The first-order valence-corrected chi connectivity index (χ1v) is 11.6. The quantitative estimate of drug-likeness (QED) is 0.249. The van der Waals surface area contributed by atoms with Gasteiger partial charge < -0.3 is 4.90 Å². The fourth-order valence-electron chi connectivity index (χ4n) is 3.67. The molecule has 3 aromatic rings. The molecular weight excluding hydrogens is 478 g/mol. The van der Waals surface area contributed by atoms with Gasteiger partial charge >= 0.3 is 0 Å². The zero-order valence-electron chi connectivity index (χ0n) is 16.6. The summed E-state index contributed by atoms with van der Waals surface area (Å²) in [5.41, 5.74) is 2.22. The number of benzene rings is 2. The van der Waals surface area contributed by atoms with Gasteiger partial charge in [0.05, 0.1) is 21.2 Å². The van der Waals surface area contributed by atoms with Crippen LogP contribution in [-0.4, -0.2) is 33.8 Å². The normalized spacial score (nSPS) is 14.8. The predicted octanol–water partition coefficient (Wildman–Crippen LogP) is 5.90. The molecule has 2 aromatic carbocycles. The summed E-state index contributed by atoms with van der Waals surface area (Å²) in [6.07, 6.45) is 5.12. The van der Waals surface area contributed by atoms with E-state index in [0.29, 0.717) is 24.3 Å². The largest absolute Gasteiger partial charge is 0.339 e. The summed E-state index contributed by atoms with van der Waals surface area (Å²) in [4.78, 5) is 30.0. The number of amides is 1. The minimum Gasteiger partial charge on any atom is -0.339 e. The molecule has 1 aliphatic rings. The highest BCUT2D eigenvalue weighted by molar-refractivity contribution is 9.10. The molecule has 0 N–H and O–H groups in total. The Morgan fingerprint density at radius 2 is 1.87 bits per heavy atom. The number of likely N-dealkylation sites (tertiary alicyclic amines) is 1. The van der Waals surface area contributed by atoms with Gasteiger partial charge in [0.2, 0.25) is 5.91 Å². The molecule has 1 fully saturated rings. The highest BCUT2D eigenvalue weighted by Gasteiger charge is 2.26. The first-order chi connectivity index (χ1) is 15.0. The Morgan fingerprint density at radius 3 is 2.61 bits per heavy atom. The predicted molar refractivity (Wildman–Crippen MR) is 126 cm³/mol. The van der Waals surface area contributed by atoms with Crippen molar-refractivity contribution in [3.05, 3.63) is 85.1 Å². The lowest BCUT2D eigenvalue weighted by molar-refractivity contribution is -0.384. The van der Waals surface area contributed by atoms with E-state index >= 15 is 0 Å². The lowest BCUT2D eigenvalue weighted by Crippen LogP contribution is -2.36. The number of aromatic nitrogens is 1. The van der Waals surface area contributed by atoms with Crippen molar-refractivity contribution in [1.29, 1.82) is 0 Å². The summed E-state index contributed by atoms with van der Waals surface area (Å²) in [5.74, 6) is 0.270. The van der Waals surface area contributed by atoms with E-state index in [2.05, 4.69) is 15.9 Å². The van der Waals surface area contributed by atoms with E-state index in [-0.39, 0.29) is 22.4 Å². The second kappa shape index (κ2) is 9.53. The van der Waals surface area contributed by atoms with Gasteiger partial charge in [0.1, 0.15) is 0 Å². The summed E-state index contributed by atoms with van der Waals surface area (Å²) in [6, 6.07) is 14.5. The molecule has 31 heavy (non-hydrogen) atoms. The van der Waals surface area contributed by atoms with Crippen molar-refractivity contribution in [2.75, 3.05) is 13.1 Å². The highest BCUT2D eigenvalue weighted by Crippen LogP contribution is 2.35. The van der Waals surface area contributed by atoms with Crippen LogP contribution in [0, 0.1) is 10.1 Å². The molecule has 4 rings (SSSR count). The molecule has 0 spiro atoms. The SMILES string of the molecule is O=C(/C=C/c1ccccc1Br)N1CCC(c2nc(-c3ccccc3[N+](=O)[O-])cs2)CC1. The van der Waals surface area contributed by atoms with E-state index < -0.39 is 0 Å². The topological polar surface area (TPSA) is 76.3 Å². The molecule has 0 unspecified atom stereocenters. The molecule has 0 aliphatic carbocycles. The van der Waals surface area contributed by atoms with Crippen LogP contribution in [0.3, 0.4) is 0 Å². The van der Waals surface area contributed by atoms with Crippen molar-refractivity contribution in [2.45, 2.75) is 18.8 Å². The number of nitro groups is 1. The lowest BCUT2D eigenvalue weighted by Gasteiger charge is -2.30. The summed E-state index contributed by atoms with van der Waals surface area (Å²) in [6.45, 7) is 1.34. The smallest absolute Gasteiger partial charge is 0.278 e. The van der Waals surface area contributed by atoms with Gasteiger partial charge in [-0.2, -0.15) is 0 Å². The Kier molecular flexibility index (Phi) is 6.58. The zero-order valence-corrected chi connectivity index (χ0v) is 19.0. The van der Waals surface area contributed by atoms with Gasteiger partial charge in [-0.3, -0.25) is 14.9 Å². The van der Waals surface area contributed by atoms with Crippen LogP contribution in [0.4, 0.5) is 5.69 Å². The van der Waals surface area contributed by atoms with Crippen molar-refractivity contribution >= 4 is 44.9 Å². The van der Waals surface area contributed by atoms with E-state index in [4.69, 9.17) is 4.98 Å². The van der Waals surface area contributed by atoms with E-state index in [9.17, 15) is 14.9 Å². The van der Waals surface area contributed by atoms with Gasteiger partial charge in [-0.25, -0.2) is 4.98 Å². The van der Waals surface area contributed by atoms with Crippen LogP contribution >= 0.6 is 27.3 Å². The number of piperidine rings is 1. The maximum atomic E-state index is 12.6. The molecule has 0 radical (unpaired) electrons. The molecule has 0 bridgehead atoms. The molecule has 6 nitrogen and oxygen atoms in total. The second-order valence-electron chi connectivity index (χ2n) is 7.30. The van der Waals surface area contributed by atoms with E-state index in [0.717, 1.165) is 27.9 Å². The standard InChI is InChI=1S/C23H20BrN3O3S/c24-19-7-3-1-5-16(19)9-10-22(28)26-13-11-17(12-14-26)23-25-20(15-31-23)18-6-2-4-8-21(18)27(29)30/h1-10,15,17H,11-14H2/b10-9+. The van der Waals surface area contributed by atoms with Crippen LogP contribution in [0.2, 0.25) is 0 Å². The number of carbonyl (C=O) groups excluding carboxylic acids is 1. The third-order valence-corrected chi connectivity index (χ3v) is 7.09. The Balaban J connectivity index is 1.39. The number of halogens is 1. The maximum absolute atomic E-state index is 12.6. The van der Waals surface area contributed by atoms with Crippen LogP contribution in [0.1, 0.15) is 29.3 Å². The minimum atomic E-state index is -0.375. The molecule has 1 aliphatic heterocycles. The van der Waals surface area contributed by atoms with Gasteiger partial charge in [-0.15, -0.1) is 11.3 Å². The average molecular weight is 498 g/mol. The van der Waals surface area contributed by atoms with Crippen LogP contribution in [0.25, 0.3) is 17.3 Å². The molecule has 2 heterocycles. The summed E-state index contributed by atoms with van der Waals surface area (Å²) in [7, 11) is 0. The summed E-state index contributed by atoms with van der Waals surface area (Å²) in [5, 5.41) is 14.2. The van der Waals surface area contributed by atoms with E-state index in [1.807, 2.05) is 40.6 Å². The number of hydrogen-bond donors (Lipinski definition) is 0. The minimum absolute atomic E-state index is 0.00828. The molecule has 0 atom stereocenters. The molecule has 158 valence electrons. The van der Waals surface area contributed by atoms with Crippen LogP contribution in [0.5, 0.6) is 0 Å². The Labute approximate surface area is 192 Å². The first-order valence-electron chi connectivity index (χ1n) is 9.93. The summed E-state index contributed by atoms with van der Waals surface area (Å²) >= 11 is 5.02. The number of nitrogens with zero attached hydrogens (tertiary/aromatic N) is 3. The Hall–Kier alpha value is -2.84. The Morgan fingerprint density at radius 1 is 1.16 bits per heavy atom. The number of carbonyl (C=O) groups is 1. The van der Waals surface area contributed by atoms with Crippen molar-refractivity contribution in [3.63, 3.8) is 0 Å². The lowest BCUT2D eigenvalue weighted by atomic mass is 9.97. The molecular formula is C23H20BrN3O3S. The first kappa shape index (κ1) is 21.4.